The van der Waals surface area contributed by atoms with Gasteiger partial charge in [-0.05, 0) is 86.4 Å². The molecule has 3 amide bonds. The molecule has 5 heterocycles. The quantitative estimate of drug-likeness (QED) is 0.0280. The molecule has 10 rings (SSSR count). The van der Waals surface area contributed by atoms with Crippen LogP contribution < -0.4 is 25.6 Å². The minimum atomic E-state index is -3.10. The Labute approximate surface area is 478 Å². The third-order valence-corrected chi connectivity index (χ3v) is 17.4. The normalized spacial score (nSPS) is 22.4. The van der Waals surface area contributed by atoms with E-state index in [1.165, 1.54) is 23.1 Å². The summed E-state index contributed by atoms with van der Waals surface area (Å²) < 4.78 is 76.8. The molecule has 4 aromatic carbocycles. The van der Waals surface area contributed by atoms with E-state index in [0.29, 0.717) is 42.4 Å². The number of β-amino-alcohol motifs (C(OH)–C–C–N with tert-alkyl or cyclic N) is 1. The molecule has 434 valence electrons. The zero-order valence-electron chi connectivity index (χ0n) is 46.9. The monoisotopic (exact) mass is 1150 g/mol. The van der Waals surface area contributed by atoms with Crippen molar-refractivity contribution in [1.82, 2.24) is 40.7 Å². The van der Waals surface area contributed by atoms with Gasteiger partial charge in [0, 0.05) is 98.6 Å². The number of alkyl halides is 2. The van der Waals surface area contributed by atoms with Crippen LogP contribution in [0.25, 0.3) is 43.2 Å². The number of nitrogens with one attached hydrogen (secondary N) is 3. The van der Waals surface area contributed by atoms with Crippen LogP contribution in [0.3, 0.4) is 0 Å². The number of piperazine rings is 1. The Morgan fingerprint density at radius 3 is 2.54 bits per heavy atom. The average Bonchev–Trinajstić information content (AvgIpc) is 3.97. The van der Waals surface area contributed by atoms with Gasteiger partial charge in [0.1, 0.15) is 41.6 Å². The number of carbonyl (C=O) groups is 3. The van der Waals surface area contributed by atoms with Gasteiger partial charge < -0.3 is 50.3 Å². The predicted molar refractivity (Wildman–Crippen MR) is 305 cm³/mol. The molecule has 1 saturated carbocycles. The van der Waals surface area contributed by atoms with Gasteiger partial charge in [0.25, 0.3) is 5.92 Å². The Hall–Kier alpha value is -6.96. The summed E-state index contributed by atoms with van der Waals surface area (Å²) in [7, 11) is 1.71. The fourth-order valence-electron chi connectivity index (χ4n) is 12.0. The topological polar surface area (TPSA) is 195 Å². The molecule has 82 heavy (non-hydrogen) atoms. The van der Waals surface area contributed by atoms with Crippen molar-refractivity contribution in [3.63, 3.8) is 0 Å². The number of carbonyl (C=O) groups excluding carboxylic acids is 3. The summed E-state index contributed by atoms with van der Waals surface area (Å²) in [5.74, 6) is -3.90. The van der Waals surface area contributed by atoms with Gasteiger partial charge in [0.2, 0.25) is 17.7 Å². The van der Waals surface area contributed by atoms with Gasteiger partial charge >= 0.3 is 6.01 Å². The molecular formula is C61H69F4N9O7S. The van der Waals surface area contributed by atoms with Gasteiger partial charge in [-0.15, -0.1) is 17.8 Å². The fourth-order valence-corrected chi connectivity index (χ4v) is 12.8. The van der Waals surface area contributed by atoms with Gasteiger partial charge in [-0.25, -0.2) is 22.5 Å². The van der Waals surface area contributed by atoms with Crippen LogP contribution in [0.15, 0.2) is 66.2 Å². The smallest absolute Gasteiger partial charge is 0.319 e. The first-order valence-corrected chi connectivity index (χ1v) is 28.6. The molecular weight excluding hydrogens is 1080 g/mol. The minimum absolute atomic E-state index is 0.0142. The number of fused-ring (bicyclic) bond motifs is 4. The zero-order valence-corrected chi connectivity index (χ0v) is 47.7. The Bertz CT molecular complexity index is 3460. The standard InChI is InChI=1S/C61H69F4N9O7S/c1-8-37-11-9-12-39-23-41(75)24-43(48(37)39)49-45(62)26-44-51(50(49)63)69-57(70-54(44)73-28-40-17-19-59(6,31-73)71-40)81-33-60(30-61(60,64)65)32-72(7)20-10-21-80-22-18-47(77)68-53(58(3,4)5)56(79)74-29-42(76)25-46(74)55(78)66-27-36-13-15-38(16-14-36)52-35(2)67-34-82-52/h1,9,11-16,23-24,26,34,40,42,46,53,71,75-76H,10,17-22,25,27-33H2,2-7H3,(H,66,78)(H,68,77)/t40-,42-,46+,53-,59+,60-/m1/s1. The maximum Gasteiger partial charge on any atom is 0.319 e. The minimum Gasteiger partial charge on any atom is -0.508 e. The molecule has 3 saturated heterocycles. The SMILES string of the molecule is C#Cc1cccc2cc(O)cc(-c3c(F)cc4c(N5C[C@H]6CC[C@@](C)(C5)N6)nc(OC[C@]5(CN(C)CCCOCCC(=O)N[C@H](C(=O)N6C[C@H](O)C[C@H]6C(=O)NCc6ccc(-c7scnc7C)cc6)C(C)(C)C)CC5(F)F)nc4c3F)c12. The van der Waals surface area contributed by atoms with E-state index in [4.69, 9.17) is 15.9 Å². The molecule has 16 nitrogen and oxygen atoms in total. The maximum atomic E-state index is 17.3. The van der Waals surface area contributed by atoms with Crippen LogP contribution in [-0.4, -0.2) is 148 Å². The van der Waals surface area contributed by atoms with E-state index in [2.05, 4.69) is 43.7 Å². The zero-order chi connectivity index (χ0) is 58.5. The lowest BCUT2D eigenvalue weighted by Crippen LogP contribution is -2.58. The second kappa shape index (κ2) is 23.0. The maximum absolute atomic E-state index is 17.3. The Morgan fingerprint density at radius 1 is 1.07 bits per heavy atom. The number of amides is 3. The number of aromatic nitrogens is 3. The largest absolute Gasteiger partial charge is 0.508 e. The second-order valence-electron chi connectivity index (χ2n) is 24.0. The Morgan fingerprint density at radius 2 is 1.84 bits per heavy atom. The summed E-state index contributed by atoms with van der Waals surface area (Å²) in [6, 6.07) is 14.4. The highest BCUT2D eigenvalue weighted by molar-refractivity contribution is 7.13. The summed E-state index contributed by atoms with van der Waals surface area (Å²) in [4.78, 5) is 60.6. The molecule has 2 aromatic heterocycles. The lowest BCUT2D eigenvalue weighted by atomic mass is 9.85. The molecule has 0 unspecified atom stereocenters. The van der Waals surface area contributed by atoms with Crippen LogP contribution in [0.2, 0.25) is 0 Å². The number of thiazole rings is 1. The van der Waals surface area contributed by atoms with E-state index in [1.54, 1.807) is 67.8 Å². The van der Waals surface area contributed by atoms with Gasteiger partial charge in [-0.3, -0.25) is 14.4 Å². The predicted octanol–water partition coefficient (Wildman–Crippen LogP) is 8.12. The number of hydrogen-bond donors (Lipinski definition) is 5. The van der Waals surface area contributed by atoms with E-state index in [1.807, 2.05) is 36.1 Å². The molecule has 21 heteroatoms. The van der Waals surface area contributed by atoms with Gasteiger partial charge in [0.05, 0.1) is 39.8 Å². The first kappa shape index (κ1) is 58.2. The number of halogens is 4. The van der Waals surface area contributed by atoms with Crippen molar-refractivity contribution in [1.29, 1.82) is 0 Å². The van der Waals surface area contributed by atoms with Crippen molar-refractivity contribution in [2.45, 2.75) is 115 Å². The fraction of sp³-hybridized carbons (Fsp3) is 0.475. The number of ether oxygens (including phenoxy) is 2. The summed E-state index contributed by atoms with van der Waals surface area (Å²) >= 11 is 1.55. The molecule has 5 N–H and O–H groups in total. The number of hydrogen-bond acceptors (Lipinski definition) is 14. The molecule has 0 radical (unpaired) electrons. The molecule has 2 bridgehead atoms. The number of aliphatic hydroxyl groups excluding tert-OH is 1. The van der Waals surface area contributed by atoms with Crippen LogP contribution >= 0.6 is 11.3 Å². The van der Waals surface area contributed by atoms with E-state index in [-0.39, 0.29) is 91.3 Å². The summed E-state index contributed by atoms with van der Waals surface area (Å²) in [6.07, 6.45) is 6.59. The van der Waals surface area contributed by atoms with Crippen molar-refractivity contribution in [3.8, 4) is 45.7 Å². The number of terminal acetylenes is 1. The highest BCUT2D eigenvalue weighted by Crippen LogP contribution is 2.61. The van der Waals surface area contributed by atoms with Crippen molar-refractivity contribution < 1.29 is 51.6 Å². The second-order valence-corrected chi connectivity index (χ2v) is 24.8. The third-order valence-electron chi connectivity index (χ3n) is 16.4. The lowest BCUT2D eigenvalue weighted by molar-refractivity contribution is -0.144. The van der Waals surface area contributed by atoms with Gasteiger partial charge in [-0.1, -0.05) is 63.1 Å². The highest BCUT2D eigenvalue weighted by atomic mass is 32.1. The van der Waals surface area contributed by atoms with E-state index < -0.39 is 82.9 Å². The number of aliphatic hydroxyl groups is 1. The molecule has 0 spiro atoms. The number of phenols is 1. The number of likely N-dealkylation sites (tertiary alicyclic amines) is 1. The Balaban J connectivity index is 0.743. The molecule has 1 aliphatic carbocycles. The van der Waals surface area contributed by atoms with Crippen LogP contribution in [0.5, 0.6) is 11.8 Å². The molecule has 6 atom stereocenters. The number of nitrogens with zero attached hydrogens (tertiary/aromatic N) is 6. The molecule has 6 aromatic rings. The van der Waals surface area contributed by atoms with Crippen LogP contribution in [0, 0.1) is 41.7 Å². The first-order chi connectivity index (χ1) is 38.9. The number of rotatable bonds is 20. The van der Waals surface area contributed by atoms with Crippen molar-refractivity contribution in [3.05, 3.63) is 94.6 Å². The summed E-state index contributed by atoms with van der Waals surface area (Å²) in [5.41, 5.74) is 1.52. The number of aromatic hydroxyl groups is 1. The lowest BCUT2D eigenvalue weighted by Gasteiger charge is -2.40. The van der Waals surface area contributed by atoms with E-state index >= 15 is 17.6 Å². The Kier molecular flexibility index (Phi) is 16.3. The molecule has 3 aliphatic heterocycles. The number of anilines is 1. The van der Waals surface area contributed by atoms with Crippen LogP contribution in [-0.2, 0) is 25.7 Å². The number of benzene rings is 4. The first-order valence-electron chi connectivity index (χ1n) is 27.7. The number of phenolic OH excluding ortho intramolecular Hbond substituents is 1. The molecule has 4 aliphatic rings. The molecule has 4 fully saturated rings. The number of aryl methyl sites for hydroxylation is 1. The van der Waals surface area contributed by atoms with E-state index in [0.717, 1.165) is 34.5 Å². The summed E-state index contributed by atoms with van der Waals surface area (Å²) in [6.45, 7) is 10.5. The average molecular weight is 1150 g/mol. The van der Waals surface area contributed by atoms with Crippen molar-refractivity contribution in [2.75, 3.05) is 64.5 Å². The summed E-state index contributed by atoms with van der Waals surface area (Å²) in [5, 5.41) is 31.6. The van der Waals surface area contributed by atoms with Crippen molar-refractivity contribution >= 4 is 56.6 Å². The van der Waals surface area contributed by atoms with Crippen LogP contribution in [0.4, 0.5) is 23.4 Å². The van der Waals surface area contributed by atoms with Gasteiger partial charge in [-0.2, -0.15) is 9.97 Å². The van der Waals surface area contributed by atoms with Crippen LogP contribution in [0.1, 0.15) is 83.0 Å². The van der Waals surface area contributed by atoms with E-state index in [9.17, 15) is 24.6 Å². The van der Waals surface area contributed by atoms with Crippen molar-refractivity contribution in [2.24, 2.45) is 10.8 Å². The third kappa shape index (κ3) is 12.1. The van der Waals surface area contributed by atoms with Gasteiger partial charge in [0.15, 0.2) is 5.82 Å². The highest BCUT2D eigenvalue weighted by Gasteiger charge is 2.72.